The summed E-state index contributed by atoms with van der Waals surface area (Å²) in [4.78, 5) is 15.1. The van der Waals surface area contributed by atoms with E-state index in [1.54, 1.807) is 4.90 Å². The molecular formula is C19H18F2N2O2. The zero-order chi connectivity index (χ0) is 17.4. The number of hydrogen-bond acceptors (Lipinski definition) is 3. The van der Waals surface area contributed by atoms with Crippen molar-refractivity contribution in [2.24, 2.45) is 5.41 Å². The lowest BCUT2D eigenvalue weighted by Gasteiger charge is -2.34. The van der Waals surface area contributed by atoms with Crippen molar-refractivity contribution in [3.05, 3.63) is 29.1 Å². The van der Waals surface area contributed by atoms with Gasteiger partial charge in [0.05, 0.1) is 23.6 Å². The van der Waals surface area contributed by atoms with Crippen molar-refractivity contribution in [1.29, 1.82) is 5.26 Å². The summed E-state index contributed by atoms with van der Waals surface area (Å²) in [6.45, 7) is 0.422. The minimum atomic E-state index is -1.18. The van der Waals surface area contributed by atoms with Gasteiger partial charge in [-0.05, 0) is 44.2 Å². The van der Waals surface area contributed by atoms with Crippen LogP contribution in [0.5, 0.6) is 5.75 Å². The monoisotopic (exact) mass is 344 g/mol. The third-order valence-corrected chi connectivity index (χ3v) is 6.58. The largest absolute Gasteiger partial charge is 0.487 e. The van der Waals surface area contributed by atoms with Gasteiger partial charge >= 0.3 is 0 Å². The molecule has 6 heteroatoms. The Morgan fingerprint density at radius 3 is 2.72 bits per heavy atom. The fraction of sp³-hybridized carbons (Fsp3) is 0.579. The second kappa shape index (κ2) is 4.72. The number of ether oxygens (including phenoxy) is 1. The summed E-state index contributed by atoms with van der Waals surface area (Å²) in [5.74, 6) is -0.119. The van der Waals surface area contributed by atoms with Crippen LogP contribution in [0, 0.1) is 22.6 Å². The Morgan fingerprint density at radius 2 is 2.08 bits per heavy atom. The highest BCUT2D eigenvalue weighted by atomic mass is 19.1. The van der Waals surface area contributed by atoms with Crippen molar-refractivity contribution in [1.82, 2.24) is 4.90 Å². The Bertz CT molecular complexity index is 823. The van der Waals surface area contributed by atoms with E-state index in [1.165, 1.54) is 12.1 Å². The number of amides is 1. The van der Waals surface area contributed by atoms with Crippen molar-refractivity contribution >= 4 is 5.91 Å². The molecule has 3 fully saturated rings. The highest BCUT2D eigenvalue weighted by Gasteiger charge is 2.61. The quantitative estimate of drug-likeness (QED) is 0.784. The van der Waals surface area contributed by atoms with E-state index in [-0.39, 0.29) is 23.6 Å². The summed E-state index contributed by atoms with van der Waals surface area (Å²) < 4.78 is 34.4. The summed E-state index contributed by atoms with van der Waals surface area (Å²) in [6.07, 6.45) is 2.83. The maximum atomic E-state index is 14.6. The molecule has 1 amide bonds. The van der Waals surface area contributed by atoms with Gasteiger partial charge in [-0.15, -0.1) is 0 Å². The van der Waals surface area contributed by atoms with Crippen LogP contribution in [-0.4, -0.2) is 29.1 Å². The number of benzene rings is 1. The first-order chi connectivity index (χ1) is 11.9. The molecule has 5 rings (SSSR count). The number of hydrogen-bond donors (Lipinski definition) is 0. The van der Waals surface area contributed by atoms with Gasteiger partial charge in [0.15, 0.2) is 0 Å². The summed E-state index contributed by atoms with van der Waals surface area (Å²) in [6, 6.07) is 4.22. The van der Waals surface area contributed by atoms with Crippen LogP contribution in [0.2, 0.25) is 0 Å². The fourth-order valence-electron chi connectivity index (χ4n) is 5.38. The number of alkyl halides is 1. The highest BCUT2D eigenvalue weighted by molar-refractivity contribution is 5.85. The average Bonchev–Trinajstić information content (AvgIpc) is 3.24. The molecule has 4 aliphatic rings. The molecule has 4 bridgehead atoms. The molecule has 2 aliphatic heterocycles. The zero-order valence-electron chi connectivity index (χ0n) is 13.7. The standard InChI is InChI=1S/C19H18F2N2O2/c20-12-5-11(8-22)16-14(6-12)15-7-13(25-16)9-23(15)17(24)18-1-3-19(21,10-18)4-2-18/h5-6,13,15H,1-4,7,9-10H2/t13-,15-,18?,19?/m0/s1. The minimum absolute atomic E-state index is 0.0174. The van der Waals surface area contributed by atoms with Crippen LogP contribution in [0.3, 0.4) is 0 Å². The molecular weight excluding hydrogens is 326 g/mol. The predicted molar refractivity (Wildman–Crippen MR) is 84.0 cm³/mol. The molecule has 0 N–H and O–H groups in total. The number of halogens is 2. The van der Waals surface area contributed by atoms with Crippen LogP contribution in [0.25, 0.3) is 0 Å². The van der Waals surface area contributed by atoms with E-state index in [0.29, 0.717) is 56.4 Å². The lowest BCUT2D eigenvalue weighted by atomic mass is 9.82. The van der Waals surface area contributed by atoms with Gasteiger partial charge in [-0.2, -0.15) is 5.26 Å². The average molecular weight is 344 g/mol. The van der Waals surface area contributed by atoms with E-state index in [1.807, 2.05) is 6.07 Å². The molecule has 1 aromatic rings. The van der Waals surface area contributed by atoms with Crippen LogP contribution >= 0.6 is 0 Å². The first-order valence-corrected chi connectivity index (χ1v) is 8.83. The summed E-state index contributed by atoms with van der Waals surface area (Å²) in [5, 5.41) is 9.25. The Balaban J connectivity index is 1.53. The molecule has 1 saturated heterocycles. The number of carbonyl (C=O) groups is 1. The Hall–Kier alpha value is -2.16. The molecule has 2 atom stereocenters. The van der Waals surface area contributed by atoms with Gasteiger partial charge < -0.3 is 9.64 Å². The van der Waals surface area contributed by atoms with Gasteiger partial charge in [-0.1, -0.05) is 0 Å². The fourth-order valence-corrected chi connectivity index (χ4v) is 5.38. The van der Waals surface area contributed by atoms with Gasteiger partial charge in [0.1, 0.15) is 29.4 Å². The van der Waals surface area contributed by atoms with E-state index in [2.05, 4.69) is 0 Å². The van der Waals surface area contributed by atoms with E-state index < -0.39 is 16.9 Å². The van der Waals surface area contributed by atoms with Gasteiger partial charge in [-0.3, -0.25) is 4.79 Å². The second-order valence-electron chi connectivity index (χ2n) is 8.04. The second-order valence-corrected chi connectivity index (χ2v) is 8.04. The highest BCUT2D eigenvalue weighted by Crippen LogP contribution is 2.60. The lowest BCUT2D eigenvalue weighted by molar-refractivity contribution is -0.142. The summed E-state index contributed by atoms with van der Waals surface area (Å²) >= 11 is 0. The van der Waals surface area contributed by atoms with Crippen molar-refractivity contribution in [3.8, 4) is 11.8 Å². The Labute approximate surface area is 144 Å². The molecule has 1 aromatic carbocycles. The normalized spacial score (nSPS) is 37.6. The zero-order valence-corrected chi connectivity index (χ0v) is 13.7. The van der Waals surface area contributed by atoms with Gasteiger partial charge in [-0.25, -0.2) is 8.78 Å². The number of nitriles is 1. The Morgan fingerprint density at radius 1 is 1.32 bits per heavy atom. The summed E-state index contributed by atoms with van der Waals surface area (Å²) in [7, 11) is 0. The molecule has 0 radical (unpaired) electrons. The van der Waals surface area contributed by atoms with E-state index in [9.17, 15) is 18.8 Å². The van der Waals surface area contributed by atoms with E-state index in [0.717, 1.165) is 0 Å². The van der Waals surface area contributed by atoms with Gasteiger partial charge in [0.2, 0.25) is 5.91 Å². The number of nitrogens with zero attached hydrogens (tertiary/aromatic N) is 2. The molecule has 0 aromatic heterocycles. The molecule has 25 heavy (non-hydrogen) atoms. The van der Waals surface area contributed by atoms with Crippen LogP contribution in [0.1, 0.15) is 55.7 Å². The van der Waals surface area contributed by atoms with Crippen LogP contribution in [0.15, 0.2) is 12.1 Å². The number of fused-ring (bicyclic) bond motifs is 6. The van der Waals surface area contributed by atoms with Crippen LogP contribution in [0.4, 0.5) is 8.78 Å². The number of carbonyl (C=O) groups excluding carboxylic acids is 1. The third-order valence-electron chi connectivity index (χ3n) is 6.58. The van der Waals surface area contributed by atoms with Crippen LogP contribution in [-0.2, 0) is 4.79 Å². The number of likely N-dealkylation sites (tertiary alicyclic amines) is 1. The molecule has 4 nitrogen and oxygen atoms in total. The molecule has 130 valence electrons. The van der Waals surface area contributed by atoms with Crippen molar-refractivity contribution in [2.45, 2.75) is 56.3 Å². The van der Waals surface area contributed by atoms with E-state index >= 15 is 0 Å². The SMILES string of the molecule is N#Cc1cc(F)cc2c1O[C@H]1C[C@@H]2N(C(=O)C23CCC(F)(CC2)C3)C1. The van der Waals surface area contributed by atoms with Crippen LogP contribution < -0.4 is 4.74 Å². The van der Waals surface area contributed by atoms with Crippen molar-refractivity contribution in [2.75, 3.05) is 6.54 Å². The molecule has 0 unspecified atom stereocenters. The van der Waals surface area contributed by atoms with Gasteiger partial charge in [0, 0.05) is 12.0 Å². The first kappa shape index (κ1) is 15.1. The van der Waals surface area contributed by atoms with E-state index in [4.69, 9.17) is 4.74 Å². The van der Waals surface area contributed by atoms with Crippen molar-refractivity contribution < 1.29 is 18.3 Å². The maximum absolute atomic E-state index is 14.6. The predicted octanol–water partition coefficient (Wildman–Crippen LogP) is 3.40. The Kier molecular flexibility index (Phi) is 2.85. The first-order valence-electron chi connectivity index (χ1n) is 8.83. The van der Waals surface area contributed by atoms with Crippen molar-refractivity contribution in [3.63, 3.8) is 0 Å². The molecule has 2 heterocycles. The topological polar surface area (TPSA) is 53.3 Å². The lowest BCUT2D eigenvalue weighted by Crippen LogP contribution is -2.41. The smallest absolute Gasteiger partial charge is 0.229 e. The molecule has 0 spiro atoms. The number of rotatable bonds is 1. The third kappa shape index (κ3) is 1.98. The molecule has 2 saturated carbocycles. The minimum Gasteiger partial charge on any atom is -0.487 e. The summed E-state index contributed by atoms with van der Waals surface area (Å²) in [5.41, 5.74) is -1.05. The van der Waals surface area contributed by atoms with Gasteiger partial charge in [0.25, 0.3) is 0 Å². The molecule has 2 aliphatic carbocycles. The maximum Gasteiger partial charge on any atom is 0.229 e.